The highest BCUT2D eigenvalue weighted by Crippen LogP contribution is 2.22. The Morgan fingerprint density at radius 1 is 1.20 bits per heavy atom. The molecule has 3 heterocycles. The lowest BCUT2D eigenvalue weighted by Gasteiger charge is -2.29. The van der Waals surface area contributed by atoms with Crippen LogP contribution < -0.4 is 0 Å². The van der Waals surface area contributed by atoms with E-state index in [9.17, 15) is 5.11 Å². The van der Waals surface area contributed by atoms with Crippen LogP contribution in [0.15, 0.2) is 30.7 Å². The minimum atomic E-state index is 0.161. The average molecular weight is 345 g/mol. The van der Waals surface area contributed by atoms with Gasteiger partial charge in [-0.3, -0.25) is 19.5 Å². The molecule has 0 bridgehead atoms. The number of nitrogens with zero attached hydrogens (tertiary/aromatic N) is 5. The lowest BCUT2D eigenvalue weighted by molar-refractivity contribution is 0.0320. The molecule has 0 spiro atoms. The summed E-state index contributed by atoms with van der Waals surface area (Å²) in [5, 5.41) is 14.1. The van der Waals surface area contributed by atoms with Gasteiger partial charge in [0.15, 0.2) is 0 Å². The van der Waals surface area contributed by atoms with Crippen LogP contribution in [0.3, 0.4) is 0 Å². The van der Waals surface area contributed by atoms with Gasteiger partial charge < -0.3 is 9.84 Å². The highest BCUT2D eigenvalue weighted by molar-refractivity contribution is 5.61. The van der Waals surface area contributed by atoms with Crippen LogP contribution in [-0.2, 0) is 18.3 Å². The molecule has 0 aliphatic carbocycles. The van der Waals surface area contributed by atoms with Gasteiger partial charge in [-0.2, -0.15) is 5.10 Å². The molecule has 1 aliphatic heterocycles. The van der Waals surface area contributed by atoms with Gasteiger partial charge in [0.25, 0.3) is 0 Å². The van der Waals surface area contributed by atoms with Gasteiger partial charge in [0, 0.05) is 76.0 Å². The van der Waals surface area contributed by atoms with Crippen molar-refractivity contribution in [3.05, 3.63) is 36.3 Å². The summed E-state index contributed by atoms with van der Waals surface area (Å²) in [7, 11) is 1.94. The zero-order valence-electron chi connectivity index (χ0n) is 14.8. The van der Waals surface area contributed by atoms with E-state index in [4.69, 9.17) is 4.74 Å². The molecule has 25 heavy (non-hydrogen) atoms. The van der Waals surface area contributed by atoms with Crippen molar-refractivity contribution in [1.29, 1.82) is 0 Å². The van der Waals surface area contributed by atoms with Crippen LogP contribution in [-0.4, -0.2) is 82.2 Å². The summed E-state index contributed by atoms with van der Waals surface area (Å²) < 4.78 is 7.26. The van der Waals surface area contributed by atoms with E-state index in [0.717, 1.165) is 57.2 Å². The number of aryl methyl sites for hydroxylation is 1. The summed E-state index contributed by atoms with van der Waals surface area (Å²) in [6.07, 6.45) is 5.64. The zero-order valence-corrected chi connectivity index (χ0v) is 14.8. The maximum atomic E-state index is 9.44. The molecule has 3 rings (SSSR count). The molecule has 1 saturated heterocycles. The highest BCUT2D eigenvalue weighted by atomic mass is 16.5. The summed E-state index contributed by atoms with van der Waals surface area (Å²) in [5.74, 6) is 0. The van der Waals surface area contributed by atoms with Gasteiger partial charge >= 0.3 is 0 Å². The molecule has 1 fully saturated rings. The van der Waals surface area contributed by atoms with E-state index in [0.29, 0.717) is 6.54 Å². The minimum absolute atomic E-state index is 0.161. The first kappa shape index (κ1) is 18.0. The van der Waals surface area contributed by atoms with Gasteiger partial charge in [-0.05, 0) is 12.1 Å². The normalized spacial score (nSPS) is 15.8. The molecular formula is C18H27N5O2. The van der Waals surface area contributed by atoms with E-state index in [2.05, 4.69) is 26.1 Å². The van der Waals surface area contributed by atoms with E-state index in [1.165, 1.54) is 5.56 Å². The van der Waals surface area contributed by atoms with Crippen molar-refractivity contribution in [3.8, 4) is 11.3 Å². The molecular weight excluding hydrogens is 318 g/mol. The van der Waals surface area contributed by atoms with Crippen LogP contribution in [0.4, 0.5) is 0 Å². The lowest BCUT2D eigenvalue weighted by Crippen LogP contribution is -2.41. The second kappa shape index (κ2) is 9.05. The van der Waals surface area contributed by atoms with E-state index in [1.807, 2.05) is 23.9 Å². The standard InChI is InChI=1S/C18H27N5O2/c1-21-14-17(18(20-21)16-2-4-19-5-3-16)15-23(8-11-24)7-6-22-9-12-25-13-10-22/h2-5,14,24H,6-13,15H2,1H3. The number of aliphatic hydroxyl groups excluding tert-OH is 1. The fourth-order valence-electron chi connectivity index (χ4n) is 3.17. The number of aromatic nitrogens is 3. The van der Waals surface area contributed by atoms with Crippen LogP contribution in [0.5, 0.6) is 0 Å². The predicted octanol–water partition coefficient (Wildman–Crippen LogP) is 0.609. The van der Waals surface area contributed by atoms with Gasteiger partial charge in [0.05, 0.1) is 25.5 Å². The largest absolute Gasteiger partial charge is 0.395 e. The Kier molecular flexibility index (Phi) is 6.52. The number of ether oxygens (including phenoxy) is 1. The molecule has 2 aromatic rings. The molecule has 7 nitrogen and oxygen atoms in total. The van der Waals surface area contributed by atoms with Gasteiger partial charge in [-0.15, -0.1) is 0 Å². The summed E-state index contributed by atoms with van der Waals surface area (Å²) in [6.45, 7) is 7.12. The Bertz CT molecular complexity index is 640. The van der Waals surface area contributed by atoms with Gasteiger partial charge in [-0.25, -0.2) is 0 Å². The minimum Gasteiger partial charge on any atom is -0.395 e. The first-order valence-corrected chi connectivity index (χ1v) is 8.82. The quantitative estimate of drug-likeness (QED) is 0.756. The topological polar surface area (TPSA) is 66.7 Å². The molecule has 136 valence electrons. The van der Waals surface area contributed by atoms with Gasteiger partial charge in [-0.1, -0.05) is 0 Å². The Labute approximate surface area is 148 Å². The molecule has 7 heteroatoms. The van der Waals surface area contributed by atoms with Gasteiger partial charge in [0.2, 0.25) is 0 Å². The first-order chi connectivity index (χ1) is 12.3. The molecule has 0 atom stereocenters. The van der Waals surface area contributed by atoms with Crippen LogP contribution in [0, 0.1) is 0 Å². The van der Waals surface area contributed by atoms with Crippen molar-refractivity contribution in [2.75, 3.05) is 52.5 Å². The smallest absolute Gasteiger partial charge is 0.0969 e. The molecule has 0 aromatic carbocycles. The van der Waals surface area contributed by atoms with Crippen molar-refractivity contribution < 1.29 is 9.84 Å². The number of aliphatic hydroxyl groups is 1. The second-order valence-corrected chi connectivity index (χ2v) is 6.37. The molecule has 1 N–H and O–H groups in total. The SMILES string of the molecule is Cn1cc(CN(CCO)CCN2CCOCC2)c(-c2ccncc2)n1. The number of morpholine rings is 1. The monoisotopic (exact) mass is 345 g/mol. The molecule has 1 aliphatic rings. The van der Waals surface area contributed by atoms with E-state index in [-0.39, 0.29) is 6.61 Å². The average Bonchev–Trinajstić information content (AvgIpc) is 3.02. The third-order valence-electron chi connectivity index (χ3n) is 4.50. The Morgan fingerprint density at radius 3 is 2.68 bits per heavy atom. The van der Waals surface area contributed by atoms with Crippen molar-refractivity contribution in [3.63, 3.8) is 0 Å². The fraction of sp³-hybridized carbons (Fsp3) is 0.556. The summed E-state index contributed by atoms with van der Waals surface area (Å²) in [5.41, 5.74) is 3.23. The molecule has 0 unspecified atom stereocenters. The fourth-order valence-corrected chi connectivity index (χ4v) is 3.17. The van der Waals surface area contributed by atoms with Crippen LogP contribution in [0.1, 0.15) is 5.56 Å². The molecule has 2 aromatic heterocycles. The third kappa shape index (κ3) is 5.09. The Hall–Kier alpha value is -1.80. The number of hydrogen-bond acceptors (Lipinski definition) is 6. The van der Waals surface area contributed by atoms with E-state index >= 15 is 0 Å². The van der Waals surface area contributed by atoms with Crippen molar-refractivity contribution in [2.24, 2.45) is 7.05 Å². The van der Waals surface area contributed by atoms with Crippen LogP contribution in [0.2, 0.25) is 0 Å². The molecule has 0 amide bonds. The number of hydrogen-bond donors (Lipinski definition) is 1. The number of rotatable bonds is 8. The van der Waals surface area contributed by atoms with Crippen LogP contribution >= 0.6 is 0 Å². The third-order valence-corrected chi connectivity index (χ3v) is 4.50. The Morgan fingerprint density at radius 2 is 1.96 bits per heavy atom. The van der Waals surface area contributed by atoms with Gasteiger partial charge in [0.1, 0.15) is 0 Å². The van der Waals surface area contributed by atoms with E-state index in [1.54, 1.807) is 12.4 Å². The molecule has 0 radical (unpaired) electrons. The zero-order chi connectivity index (χ0) is 17.5. The summed E-state index contributed by atoms with van der Waals surface area (Å²) in [4.78, 5) is 8.79. The Balaban J connectivity index is 1.67. The second-order valence-electron chi connectivity index (χ2n) is 6.37. The lowest BCUT2D eigenvalue weighted by atomic mass is 10.1. The van der Waals surface area contributed by atoms with Crippen molar-refractivity contribution in [2.45, 2.75) is 6.54 Å². The summed E-state index contributed by atoms with van der Waals surface area (Å²) in [6, 6.07) is 3.96. The van der Waals surface area contributed by atoms with Crippen molar-refractivity contribution in [1.82, 2.24) is 24.6 Å². The number of pyridine rings is 1. The van der Waals surface area contributed by atoms with Crippen molar-refractivity contribution >= 4 is 0 Å². The predicted molar refractivity (Wildman–Crippen MR) is 96.1 cm³/mol. The highest BCUT2D eigenvalue weighted by Gasteiger charge is 2.16. The maximum absolute atomic E-state index is 9.44. The molecule has 0 saturated carbocycles. The van der Waals surface area contributed by atoms with Crippen LogP contribution in [0.25, 0.3) is 11.3 Å². The van der Waals surface area contributed by atoms with E-state index < -0.39 is 0 Å². The summed E-state index contributed by atoms with van der Waals surface area (Å²) >= 11 is 0. The first-order valence-electron chi connectivity index (χ1n) is 8.82. The maximum Gasteiger partial charge on any atom is 0.0969 e.